The van der Waals surface area contributed by atoms with E-state index in [1.807, 2.05) is 13.8 Å². The van der Waals surface area contributed by atoms with Gasteiger partial charge in [0.25, 0.3) is 15.0 Å². The molecular formula is C13H17BrClNO4S. The zero-order valence-corrected chi connectivity index (χ0v) is 15.3. The Morgan fingerprint density at radius 3 is 2.48 bits per heavy atom. The van der Waals surface area contributed by atoms with Crippen molar-refractivity contribution in [1.82, 2.24) is 4.90 Å². The fourth-order valence-corrected chi connectivity index (χ4v) is 3.53. The lowest BCUT2D eigenvalue weighted by atomic mass is 10.1. The van der Waals surface area contributed by atoms with Gasteiger partial charge >= 0.3 is 0 Å². The molecule has 1 amide bonds. The molecule has 0 aliphatic carbocycles. The van der Waals surface area contributed by atoms with E-state index in [0.717, 1.165) is 6.42 Å². The summed E-state index contributed by atoms with van der Waals surface area (Å²) in [5.41, 5.74) is 0.227. The van der Waals surface area contributed by atoms with Gasteiger partial charge in [-0.15, -0.1) is 0 Å². The number of ether oxygens (including phenoxy) is 1. The van der Waals surface area contributed by atoms with E-state index in [1.165, 1.54) is 19.2 Å². The van der Waals surface area contributed by atoms with Crippen LogP contribution in [0.5, 0.6) is 5.75 Å². The Balaban J connectivity index is 3.41. The van der Waals surface area contributed by atoms with Crippen LogP contribution in [0.3, 0.4) is 0 Å². The highest BCUT2D eigenvalue weighted by molar-refractivity contribution is 9.10. The molecule has 21 heavy (non-hydrogen) atoms. The summed E-state index contributed by atoms with van der Waals surface area (Å²) in [5, 5.41) is 0. The van der Waals surface area contributed by atoms with E-state index < -0.39 is 9.05 Å². The molecule has 0 aromatic heterocycles. The third-order valence-electron chi connectivity index (χ3n) is 3.30. The third-order valence-corrected chi connectivity index (χ3v) is 5.21. The molecule has 0 saturated carbocycles. The van der Waals surface area contributed by atoms with Crippen molar-refractivity contribution >= 4 is 41.6 Å². The van der Waals surface area contributed by atoms with Gasteiger partial charge in [0.1, 0.15) is 4.90 Å². The van der Waals surface area contributed by atoms with Gasteiger partial charge in [0.05, 0.1) is 11.6 Å². The third kappa shape index (κ3) is 4.11. The molecular weight excluding hydrogens is 382 g/mol. The van der Waals surface area contributed by atoms with E-state index in [2.05, 4.69) is 15.9 Å². The monoisotopic (exact) mass is 397 g/mol. The van der Waals surface area contributed by atoms with Crippen molar-refractivity contribution in [1.29, 1.82) is 0 Å². The molecule has 1 atom stereocenters. The van der Waals surface area contributed by atoms with E-state index in [0.29, 0.717) is 4.47 Å². The molecule has 0 fully saturated rings. The molecule has 0 N–H and O–H groups in total. The van der Waals surface area contributed by atoms with Crippen LogP contribution in [-0.2, 0) is 9.05 Å². The van der Waals surface area contributed by atoms with Crippen molar-refractivity contribution in [3.63, 3.8) is 0 Å². The molecule has 0 radical (unpaired) electrons. The topological polar surface area (TPSA) is 63.7 Å². The van der Waals surface area contributed by atoms with Crippen LogP contribution in [0.15, 0.2) is 21.5 Å². The van der Waals surface area contributed by atoms with Crippen molar-refractivity contribution in [3.05, 3.63) is 22.2 Å². The van der Waals surface area contributed by atoms with Gasteiger partial charge in [0.2, 0.25) is 0 Å². The number of carbonyl (C=O) groups excluding carboxylic acids is 1. The van der Waals surface area contributed by atoms with Crippen LogP contribution in [0.25, 0.3) is 0 Å². The van der Waals surface area contributed by atoms with Gasteiger partial charge in [-0.25, -0.2) is 8.42 Å². The summed E-state index contributed by atoms with van der Waals surface area (Å²) in [4.78, 5) is 13.7. The number of carbonyl (C=O) groups is 1. The zero-order valence-electron chi connectivity index (χ0n) is 12.2. The molecule has 1 rings (SSSR count). The van der Waals surface area contributed by atoms with Crippen molar-refractivity contribution in [2.24, 2.45) is 0 Å². The number of methoxy groups -OCH3 is 1. The molecule has 1 aromatic carbocycles. The SMILES string of the molecule is CCC(C)N(C)C(=O)c1cc(Br)c(OC)c(S(=O)(=O)Cl)c1. The average molecular weight is 399 g/mol. The first kappa shape index (κ1) is 18.3. The second kappa shape index (κ2) is 6.98. The smallest absolute Gasteiger partial charge is 0.265 e. The number of hydrogen-bond acceptors (Lipinski definition) is 4. The standard InChI is InChI=1S/C13H17BrClNO4S/c1-5-8(2)16(3)13(17)9-6-10(14)12(20-4)11(7-9)21(15,18)19/h6-8H,5H2,1-4H3. The first-order valence-corrected chi connectivity index (χ1v) is 9.33. The van der Waals surface area contributed by atoms with E-state index in [1.54, 1.807) is 11.9 Å². The highest BCUT2D eigenvalue weighted by Crippen LogP contribution is 2.35. The Kier molecular flexibility index (Phi) is 6.07. The quantitative estimate of drug-likeness (QED) is 0.714. The maximum atomic E-state index is 12.4. The molecule has 8 heteroatoms. The second-order valence-electron chi connectivity index (χ2n) is 4.60. The fraction of sp³-hybridized carbons (Fsp3) is 0.462. The average Bonchev–Trinajstić information content (AvgIpc) is 2.42. The first-order chi connectivity index (χ1) is 9.63. The van der Waals surface area contributed by atoms with Gasteiger partial charge < -0.3 is 9.64 Å². The fourth-order valence-electron chi connectivity index (χ4n) is 1.75. The highest BCUT2D eigenvalue weighted by atomic mass is 79.9. The number of rotatable bonds is 5. The summed E-state index contributed by atoms with van der Waals surface area (Å²) in [7, 11) is 4.38. The molecule has 1 aromatic rings. The Morgan fingerprint density at radius 1 is 1.48 bits per heavy atom. The second-order valence-corrected chi connectivity index (χ2v) is 7.99. The van der Waals surface area contributed by atoms with E-state index in [4.69, 9.17) is 15.4 Å². The molecule has 1 unspecified atom stereocenters. The van der Waals surface area contributed by atoms with Crippen molar-refractivity contribution in [2.45, 2.75) is 31.2 Å². The predicted molar refractivity (Wildman–Crippen MR) is 85.6 cm³/mol. The van der Waals surface area contributed by atoms with Crippen LogP contribution in [0, 0.1) is 0 Å². The van der Waals surface area contributed by atoms with Gasteiger partial charge in [-0.1, -0.05) is 6.92 Å². The lowest BCUT2D eigenvalue weighted by Gasteiger charge is -2.24. The predicted octanol–water partition coefficient (Wildman–Crippen LogP) is 3.26. The molecule has 0 bridgehead atoms. The number of benzene rings is 1. The van der Waals surface area contributed by atoms with Gasteiger partial charge in [-0.05, 0) is 41.4 Å². The van der Waals surface area contributed by atoms with Crippen molar-refractivity contribution < 1.29 is 17.9 Å². The molecule has 0 heterocycles. The molecule has 5 nitrogen and oxygen atoms in total. The summed E-state index contributed by atoms with van der Waals surface area (Å²) in [5.74, 6) is -0.206. The van der Waals surface area contributed by atoms with Gasteiger partial charge in [0.15, 0.2) is 5.75 Å². The van der Waals surface area contributed by atoms with Crippen LogP contribution < -0.4 is 4.74 Å². The molecule has 0 saturated heterocycles. The normalized spacial score (nSPS) is 12.9. The first-order valence-electron chi connectivity index (χ1n) is 6.22. The van der Waals surface area contributed by atoms with E-state index in [9.17, 15) is 13.2 Å². The molecule has 118 valence electrons. The lowest BCUT2D eigenvalue weighted by Crippen LogP contribution is -2.34. The summed E-state index contributed by atoms with van der Waals surface area (Å²) in [6.45, 7) is 3.88. The van der Waals surface area contributed by atoms with Crippen LogP contribution in [0.1, 0.15) is 30.6 Å². The lowest BCUT2D eigenvalue weighted by molar-refractivity contribution is 0.0740. The summed E-state index contributed by atoms with van der Waals surface area (Å²) in [6, 6.07) is 2.79. The maximum Gasteiger partial charge on any atom is 0.265 e. The highest BCUT2D eigenvalue weighted by Gasteiger charge is 2.24. The Labute approximate surface area is 137 Å². The Hall–Kier alpha value is -0.790. The van der Waals surface area contributed by atoms with Crippen LogP contribution >= 0.6 is 26.6 Å². The van der Waals surface area contributed by atoms with Gasteiger partial charge in [0, 0.05) is 29.3 Å². The van der Waals surface area contributed by atoms with Crippen molar-refractivity contribution in [3.8, 4) is 5.75 Å². The largest absolute Gasteiger partial charge is 0.494 e. The minimum absolute atomic E-state index is 0.0365. The van der Waals surface area contributed by atoms with Crippen LogP contribution in [0.2, 0.25) is 0 Å². The zero-order chi connectivity index (χ0) is 16.4. The van der Waals surface area contributed by atoms with E-state index in [-0.39, 0.29) is 28.2 Å². The molecule has 0 aliphatic rings. The minimum Gasteiger partial charge on any atom is -0.494 e. The number of nitrogens with zero attached hydrogens (tertiary/aromatic N) is 1. The summed E-state index contributed by atoms with van der Waals surface area (Å²) < 4.78 is 28.7. The van der Waals surface area contributed by atoms with Gasteiger partial charge in [-0.3, -0.25) is 4.79 Å². The van der Waals surface area contributed by atoms with E-state index >= 15 is 0 Å². The number of hydrogen-bond donors (Lipinski definition) is 0. The minimum atomic E-state index is -4.03. The van der Waals surface area contributed by atoms with Crippen molar-refractivity contribution in [2.75, 3.05) is 14.2 Å². The summed E-state index contributed by atoms with van der Waals surface area (Å²) in [6.07, 6.45) is 0.792. The molecule has 0 spiro atoms. The Morgan fingerprint density at radius 2 is 2.05 bits per heavy atom. The summed E-state index contributed by atoms with van der Waals surface area (Å²) >= 11 is 3.20. The maximum absolute atomic E-state index is 12.4. The van der Waals surface area contributed by atoms with Gasteiger partial charge in [-0.2, -0.15) is 0 Å². The number of amides is 1. The van der Waals surface area contributed by atoms with Crippen LogP contribution in [0.4, 0.5) is 0 Å². The number of halogens is 2. The van der Waals surface area contributed by atoms with Crippen LogP contribution in [-0.4, -0.2) is 39.4 Å². The molecule has 0 aliphatic heterocycles. The Bertz CT molecular complexity index is 648.